The van der Waals surface area contributed by atoms with Crippen LogP contribution >= 0.6 is 11.8 Å². The molecule has 0 aliphatic heterocycles. The lowest BCUT2D eigenvalue weighted by molar-refractivity contribution is 0.0993. The van der Waals surface area contributed by atoms with Crippen molar-refractivity contribution in [3.63, 3.8) is 0 Å². The molecule has 2 aromatic heterocycles. The van der Waals surface area contributed by atoms with Gasteiger partial charge in [-0.2, -0.15) is 0 Å². The molecule has 1 atom stereocenters. The molecule has 0 N–H and O–H groups in total. The molecule has 0 unspecified atom stereocenters. The third kappa shape index (κ3) is 3.91. The molecule has 4 aromatic rings. The fourth-order valence-electron chi connectivity index (χ4n) is 3.03. The lowest BCUT2D eigenvalue weighted by atomic mass is 10.1. The second-order valence-corrected chi connectivity index (χ2v) is 7.94. The van der Waals surface area contributed by atoms with Gasteiger partial charge >= 0.3 is 0 Å². The molecular weight excluding hydrogens is 410 g/mol. The molecule has 0 fully saturated rings. The van der Waals surface area contributed by atoms with Crippen LogP contribution in [0.5, 0.6) is 0 Å². The molecule has 0 bridgehead atoms. The average molecular weight is 426 g/mol. The monoisotopic (exact) mass is 426 g/mol. The van der Waals surface area contributed by atoms with Gasteiger partial charge in [-0.3, -0.25) is 14.2 Å². The number of carbonyl (C=O) groups excluding carboxylic acids is 1. The normalized spacial score (nSPS) is 12.2. The van der Waals surface area contributed by atoms with Gasteiger partial charge < -0.3 is 4.42 Å². The van der Waals surface area contributed by atoms with Crippen LogP contribution < -0.4 is 5.56 Å². The number of hydrogen-bond donors (Lipinski definition) is 0. The second kappa shape index (κ2) is 8.23. The van der Waals surface area contributed by atoms with E-state index < -0.39 is 22.7 Å². The van der Waals surface area contributed by atoms with Gasteiger partial charge in [0.2, 0.25) is 0 Å². The average Bonchev–Trinajstić information content (AvgIpc) is 3.25. The molecule has 2 heterocycles. The Balaban J connectivity index is 1.72. The fourth-order valence-corrected chi connectivity index (χ4v) is 4.02. The number of Topliss-reactive ketones (excluding diaryl/α,β-unsaturated/α-hetero) is 1. The quantitative estimate of drug-likeness (QED) is 0.254. The summed E-state index contributed by atoms with van der Waals surface area (Å²) in [6.07, 6.45) is 1.51. The number of aromatic nitrogens is 2. The summed E-state index contributed by atoms with van der Waals surface area (Å²) in [5, 5.41) is 0.0947. The van der Waals surface area contributed by atoms with E-state index in [4.69, 9.17) is 4.42 Å². The largest absolute Gasteiger partial charge is 0.467 e. The van der Waals surface area contributed by atoms with E-state index in [0.717, 1.165) is 23.9 Å². The first-order valence-corrected chi connectivity index (χ1v) is 10.00. The Morgan fingerprint density at radius 1 is 1.13 bits per heavy atom. The number of rotatable bonds is 6. The van der Waals surface area contributed by atoms with E-state index in [1.807, 2.05) is 0 Å². The Labute approximate surface area is 174 Å². The SMILES string of the molecule is C[C@H](Sc1nc2ccccc2c(=O)n1Cc1ccco1)C(=O)c1ccc(F)c(F)c1. The maximum atomic E-state index is 13.5. The van der Waals surface area contributed by atoms with E-state index in [9.17, 15) is 18.4 Å². The molecule has 0 saturated carbocycles. The minimum atomic E-state index is -1.09. The Morgan fingerprint density at radius 2 is 1.93 bits per heavy atom. The van der Waals surface area contributed by atoms with E-state index in [1.54, 1.807) is 43.3 Å². The number of fused-ring (bicyclic) bond motifs is 1. The van der Waals surface area contributed by atoms with E-state index in [1.165, 1.54) is 16.9 Å². The van der Waals surface area contributed by atoms with E-state index in [-0.39, 0.29) is 17.7 Å². The topological polar surface area (TPSA) is 65.1 Å². The zero-order chi connectivity index (χ0) is 21.3. The molecule has 5 nitrogen and oxygen atoms in total. The molecule has 0 spiro atoms. The zero-order valence-corrected chi connectivity index (χ0v) is 16.7. The number of furan rings is 1. The van der Waals surface area contributed by atoms with Crippen LogP contribution in [0.2, 0.25) is 0 Å². The first-order valence-electron chi connectivity index (χ1n) is 9.12. The summed E-state index contributed by atoms with van der Waals surface area (Å²) in [7, 11) is 0. The summed E-state index contributed by atoms with van der Waals surface area (Å²) in [4.78, 5) is 30.4. The summed E-state index contributed by atoms with van der Waals surface area (Å²) in [6.45, 7) is 1.78. The van der Waals surface area contributed by atoms with Gasteiger partial charge in [0, 0.05) is 5.56 Å². The highest BCUT2D eigenvalue weighted by Gasteiger charge is 2.22. The molecule has 0 radical (unpaired) electrons. The maximum absolute atomic E-state index is 13.5. The Morgan fingerprint density at radius 3 is 2.67 bits per heavy atom. The van der Waals surface area contributed by atoms with Crippen LogP contribution in [-0.4, -0.2) is 20.6 Å². The van der Waals surface area contributed by atoms with Crippen molar-refractivity contribution in [2.75, 3.05) is 0 Å². The number of para-hydroxylation sites is 1. The number of nitrogens with zero attached hydrogens (tertiary/aromatic N) is 2. The van der Waals surface area contributed by atoms with E-state index >= 15 is 0 Å². The van der Waals surface area contributed by atoms with Gasteiger partial charge in [0.1, 0.15) is 5.76 Å². The second-order valence-electron chi connectivity index (χ2n) is 6.64. The van der Waals surface area contributed by atoms with Crippen molar-refractivity contribution in [2.24, 2.45) is 0 Å². The molecule has 8 heteroatoms. The number of halogens is 2. The first-order chi connectivity index (χ1) is 14.4. The molecule has 0 aliphatic carbocycles. The van der Waals surface area contributed by atoms with Crippen LogP contribution in [0.3, 0.4) is 0 Å². The van der Waals surface area contributed by atoms with Gasteiger partial charge in [0.25, 0.3) is 5.56 Å². The molecule has 0 amide bonds. The third-order valence-corrected chi connectivity index (χ3v) is 5.67. The van der Waals surface area contributed by atoms with Crippen molar-refractivity contribution < 1.29 is 18.0 Å². The Kier molecular flexibility index (Phi) is 5.50. The first kappa shape index (κ1) is 20.0. The highest BCUT2D eigenvalue weighted by Crippen LogP contribution is 2.26. The Hall–Kier alpha value is -3.26. The molecule has 2 aromatic carbocycles. The standard InChI is InChI=1S/C22H16F2N2O3S/c1-13(20(27)14-8-9-17(23)18(24)11-14)30-22-25-19-7-3-2-6-16(19)21(28)26(22)12-15-5-4-10-29-15/h2-11,13H,12H2,1H3/t13-/m0/s1. The molecule has 152 valence electrons. The predicted molar refractivity (Wildman–Crippen MR) is 110 cm³/mol. The van der Waals surface area contributed by atoms with Crippen LogP contribution in [-0.2, 0) is 6.54 Å². The minimum absolute atomic E-state index is 0.0506. The number of hydrogen-bond acceptors (Lipinski definition) is 5. The predicted octanol–water partition coefficient (Wildman–Crippen LogP) is 4.68. The van der Waals surface area contributed by atoms with Crippen LogP contribution in [0, 0.1) is 11.6 Å². The van der Waals surface area contributed by atoms with Gasteiger partial charge in [-0.1, -0.05) is 23.9 Å². The summed E-state index contributed by atoms with van der Waals surface area (Å²) in [5.74, 6) is -1.94. The Bertz CT molecular complexity index is 1290. The van der Waals surface area contributed by atoms with Crippen LogP contribution in [0.1, 0.15) is 23.0 Å². The van der Waals surface area contributed by atoms with Gasteiger partial charge in [0.15, 0.2) is 22.6 Å². The maximum Gasteiger partial charge on any atom is 0.262 e. The third-order valence-electron chi connectivity index (χ3n) is 4.58. The van der Waals surface area contributed by atoms with E-state index in [0.29, 0.717) is 21.8 Å². The summed E-state index contributed by atoms with van der Waals surface area (Å²) in [6, 6.07) is 13.4. The lowest BCUT2D eigenvalue weighted by Crippen LogP contribution is -2.25. The smallest absolute Gasteiger partial charge is 0.262 e. The highest BCUT2D eigenvalue weighted by molar-refractivity contribution is 8.00. The van der Waals surface area contributed by atoms with Crippen LogP contribution in [0.4, 0.5) is 8.78 Å². The van der Waals surface area contributed by atoms with E-state index in [2.05, 4.69) is 4.98 Å². The fraction of sp³-hybridized carbons (Fsp3) is 0.136. The zero-order valence-electron chi connectivity index (χ0n) is 15.8. The number of benzene rings is 2. The van der Waals surface area contributed by atoms with Gasteiger partial charge in [-0.05, 0) is 49.4 Å². The summed E-state index contributed by atoms with van der Waals surface area (Å²) >= 11 is 1.08. The molecule has 4 rings (SSSR count). The number of carbonyl (C=O) groups is 1. The molecule has 30 heavy (non-hydrogen) atoms. The van der Waals surface area contributed by atoms with Crippen LogP contribution in [0.15, 0.2) is 75.2 Å². The van der Waals surface area contributed by atoms with Crippen molar-refractivity contribution in [3.8, 4) is 0 Å². The molecule has 0 saturated heterocycles. The summed E-state index contributed by atoms with van der Waals surface area (Å²) in [5.41, 5.74) is 0.301. The van der Waals surface area contributed by atoms with Crippen molar-refractivity contribution >= 4 is 28.4 Å². The van der Waals surface area contributed by atoms with Crippen molar-refractivity contribution in [3.05, 3.63) is 94.2 Å². The van der Waals surface area contributed by atoms with Crippen molar-refractivity contribution in [2.45, 2.75) is 23.9 Å². The minimum Gasteiger partial charge on any atom is -0.467 e. The lowest BCUT2D eigenvalue weighted by Gasteiger charge is -2.15. The molecular formula is C22H16F2N2O3S. The van der Waals surface area contributed by atoms with Crippen LogP contribution in [0.25, 0.3) is 10.9 Å². The number of thioether (sulfide) groups is 1. The van der Waals surface area contributed by atoms with Crippen molar-refractivity contribution in [1.82, 2.24) is 9.55 Å². The molecule has 0 aliphatic rings. The van der Waals surface area contributed by atoms with Gasteiger partial charge in [-0.15, -0.1) is 0 Å². The van der Waals surface area contributed by atoms with Crippen molar-refractivity contribution in [1.29, 1.82) is 0 Å². The summed E-state index contributed by atoms with van der Waals surface area (Å²) < 4.78 is 33.5. The number of ketones is 1. The highest BCUT2D eigenvalue weighted by atomic mass is 32.2. The van der Waals surface area contributed by atoms with Gasteiger partial charge in [0.05, 0.1) is 29.0 Å². The van der Waals surface area contributed by atoms with Gasteiger partial charge in [-0.25, -0.2) is 13.8 Å².